The molecule has 2 rings (SSSR count). The standard InChI is InChI=1S/C17H17Cl3N2O3S/c1-10-4-5-12(8-15(10)19)21-17(23)11(2)22(26(3,24)25)13-6-7-14(18)16(20)9-13/h4-9,11H,1-3H3,(H,21,23)/t11-/m1/s1. The molecular formula is C17H17Cl3N2O3S. The summed E-state index contributed by atoms with van der Waals surface area (Å²) in [7, 11) is -3.75. The molecule has 0 unspecified atom stereocenters. The van der Waals surface area contributed by atoms with E-state index in [4.69, 9.17) is 34.8 Å². The summed E-state index contributed by atoms with van der Waals surface area (Å²) in [6, 6.07) is 8.39. The number of amides is 1. The predicted molar refractivity (Wildman–Crippen MR) is 108 cm³/mol. The summed E-state index contributed by atoms with van der Waals surface area (Å²) in [6.07, 6.45) is 1.02. The van der Waals surface area contributed by atoms with Crippen LogP contribution in [-0.4, -0.2) is 26.6 Å². The van der Waals surface area contributed by atoms with E-state index in [1.807, 2.05) is 6.92 Å². The van der Waals surface area contributed by atoms with Crippen LogP contribution in [0.2, 0.25) is 15.1 Å². The number of benzene rings is 2. The Hall–Kier alpha value is -1.47. The first kappa shape index (κ1) is 20.8. The molecule has 9 heteroatoms. The van der Waals surface area contributed by atoms with Crippen molar-refractivity contribution in [2.45, 2.75) is 19.9 Å². The van der Waals surface area contributed by atoms with Crippen LogP contribution < -0.4 is 9.62 Å². The molecule has 0 aromatic heterocycles. The van der Waals surface area contributed by atoms with E-state index in [2.05, 4.69) is 5.32 Å². The highest BCUT2D eigenvalue weighted by Gasteiger charge is 2.29. The molecule has 0 fully saturated rings. The van der Waals surface area contributed by atoms with Crippen LogP contribution in [0, 0.1) is 6.92 Å². The maximum atomic E-state index is 12.6. The normalized spacial score (nSPS) is 12.5. The topological polar surface area (TPSA) is 66.5 Å². The molecule has 0 saturated heterocycles. The van der Waals surface area contributed by atoms with Crippen molar-refractivity contribution in [1.29, 1.82) is 0 Å². The van der Waals surface area contributed by atoms with Crippen molar-refractivity contribution in [3.8, 4) is 0 Å². The van der Waals surface area contributed by atoms with Crippen molar-refractivity contribution < 1.29 is 13.2 Å². The zero-order chi connectivity index (χ0) is 19.6. The second-order valence-corrected chi connectivity index (χ2v) is 8.87. The lowest BCUT2D eigenvalue weighted by Gasteiger charge is -2.28. The fraction of sp³-hybridized carbons (Fsp3) is 0.235. The van der Waals surface area contributed by atoms with E-state index in [9.17, 15) is 13.2 Å². The minimum Gasteiger partial charge on any atom is -0.324 e. The van der Waals surface area contributed by atoms with Gasteiger partial charge in [0.2, 0.25) is 15.9 Å². The van der Waals surface area contributed by atoms with Crippen molar-refractivity contribution in [2.24, 2.45) is 0 Å². The van der Waals surface area contributed by atoms with Gasteiger partial charge in [0.1, 0.15) is 6.04 Å². The third kappa shape index (κ3) is 4.82. The van der Waals surface area contributed by atoms with Gasteiger partial charge in [-0.15, -0.1) is 0 Å². The number of anilines is 2. The molecule has 0 radical (unpaired) electrons. The number of nitrogens with one attached hydrogen (secondary N) is 1. The fourth-order valence-electron chi connectivity index (χ4n) is 2.35. The second kappa shape index (κ2) is 8.05. The van der Waals surface area contributed by atoms with E-state index in [1.165, 1.54) is 25.1 Å². The van der Waals surface area contributed by atoms with Crippen molar-refractivity contribution in [3.05, 3.63) is 57.0 Å². The SMILES string of the molecule is Cc1ccc(NC(=O)[C@@H](C)N(c2ccc(Cl)c(Cl)c2)S(C)(=O)=O)cc1Cl. The number of carbonyl (C=O) groups excluding carboxylic acids is 1. The Morgan fingerprint density at radius 1 is 1.04 bits per heavy atom. The Morgan fingerprint density at radius 3 is 2.23 bits per heavy atom. The summed E-state index contributed by atoms with van der Waals surface area (Å²) < 4.78 is 25.5. The number of aryl methyl sites for hydroxylation is 1. The first-order chi connectivity index (χ1) is 12.0. The average molecular weight is 436 g/mol. The molecule has 0 bridgehead atoms. The molecule has 5 nitrogen and oxygen atoms in total. The summed E-state index contributed by atoms with van der Waals surface area (Å²) in [5.74, 6) is -0.513. The molecule has 140 valence electrons. The van der Waals surface area contributed by atoms with Gasteiger partial charge in [0.25, 0.3) is 0 Å². The lowest BCUT2D eigenvalue weighted by molar-refractivity contribution is -0.116. The molecule has 2 aromatic carbocycles. The van der Waals surface area contributed by atoms with E-state index in [0.29, 0.717) is 10.7 Å². The first-order valence-electron chi connectivity index (χ1n) is 7.52. The summed E-state index contributed by atoms with van der Waals surface area (Å²) in [5.41, 5.74) is 1.58. The highest BCUT2D eigenvalue weighted by atomic mass is 35.5. The van der Waals surface area contributed by atoms with E-state index in [0.717, 1.165) is 16.1 Å². The summed E-state index contributed by atoms with van der Waals surface area (Å²) in [5, 5.41) is 3.65. The van der Waals surface area contributed by atoms with Crippen LogP contribution in [0.25, 0.3) is 0 Å². The third-order valence-electron chi connectivity index (χ3n) is 3.69. The molecule has 1 atom stereocenters. The molecule has 0 spiro atoms. The molecular weight excluding hydrogens is 419 g/mol. The van der Waals surface area contributed by atoms with Crippen LogP contribution in [-0.2, 0) is 14.8 Å². The maximum Gasteiger partial charge on any atom is 0.247 e. The molecule has 26 heavy (non-hydrogen) atoms. The maximum absolute atomic E-state index is 12.6. The lowest BCUT2D eigenvalue weighted by atomic mass is 10.2. The van der Waals surface area contributed by atoms with Gasteiger partial charge in [-0.2, -0.15) is 0 Å². The summed E-state index contributed by atoms with van der Waals surface area (Å²) in [6.45, 7) is 3.32. The molecule has 1 amide bonds. The van der Waals surface area contributed by atoms with Gasteiger partial charge < -0.3 is 5.32 Å². The van der Waals surface area contributed by atoms with Crippen molar-refractivity contribution in [1.82, 2.24) is 0 Å². The highest BCUT2D eigenvalue weighted by Crippen LogP contribution is 2.30. The second-order valence-electron chi connectivity index (χ2n) is 5.79. The number of hydrogen-bond acceptors (Lipinski definition) is 3. The molecule has 0 heterocycles. The number of nitrogens with zero attached hydrogens (tertiary/aromatic N) is 1. The minimum absolute atomic E-state index is 0.191. The van der Waals surface area contributed by atoms with Crippen molar-refractivity contribution in [2.75, 3.05) is 15.9 Å². The number of rotatable bonds is 5. The zero-order valence-electron chi connectivity index (χ0n) is 14.3. The molecule has 0 aliphatic rings. The van der Waals surface area contributed by atoms with Gasteiger partial charge in [0, 0.05) is 10.7 Å². The van der Waals surface area contributed by atoms with Crippen LogP contribution in [0.1, 0.15) is 12.5 Å². The van der Waals surface area contributed by atoms with Crippen LogP contribution in [0.4, 0.5) is 11.4 Å². The van der Waals surface area contributed by atoms with E-state index in [1.54, 1.807) is 18.2 Å². The Balaban J connectivity index is 2.34. The van der Waals surface area contributed by atoms with Crippen molar-refractivity contribution in [3.63, 3.8) is 0 Å². The van der Waals surface area contributed by atoms with Crippen LogP contribution in [0.5, 0.6) is 0 Å². The lowest BCUT2D eigenvalue weighted by Crippen LogP contribution is -2.45. The molecule has 0 aliphatic heterocycles. The van der Waals surface area contributed by atoms with Crippen LogP contribution in [0.15, 0.2) is 36.4 Å². The predicted octanol–water partition coefficient (Wildman–Crippen LogP) is 4.75. The van der Waals surface area contributed by atoms with Crippen LogP contribution in [0.3, 0.4) is 0 Å². The number of halogens is 3. The average Bonchev–Trinajstić information content (AvgIpc) is 2.53. The zero-order valence-corrected chi connectivity index (χ0v) is 17.3. The minimum atomic E-state index is -3.75. The number of carbonyl (C=O) groups is 1. The largest absolute Gasteiger partial charge is 0.324 e. The summed E-state index contributed by atoms with van der Waals surface area (Å²) >= 11 is 17.9. The highest BCUT2D eigenvalue weighted by molar-refractivity contribution is 7.92. The number of hydrogen-bond donors (Lipinski definition) is 1. The molecule has 2 aromatic rings. The van der Waals surface area contributed by atoms with Gasteiger partial charge in [0.05, 0.1) is 22.0 Å². The van der Waals surface area contributed by atoms with Gasteiger partial charge >= 0.3 is 0 Å². The Labute approximate surface area is 167 Å². The molecule has 0 aliphatic carbocycles. The van der Waals surface area contributed by atoms with Gasteiger partial charge in [-0.1, -0.05) is 40.9 Å². The van der Waals surface area contributed by atoms with Gasteiger partial charge in [-0.25, -0.2) is 8.42 Å². The number of sulfonamides is 1. The van der Waals surface area contributed by atoms with Crippen LogP contribution >= 0.6 is 34.8 Å². The first-order valence-corrected chi connectivity index (χ1v) is 10.5. The van der Waals surface area contributed by atoms with Gasteiger partial charge in [-0.3, -0.25) is 9.10 Å². The fourth-order valence-corrected chi connectivity index (χ4v) is 3.99. The third-order valence-corrected chi connectivity index (χ3v) is 6.07. The Kier molecular flexibility index (Phi) is 6.45. The Morgan fingerprint density at radius 2 is 1.69 bits per heavy atom. The van der Waals surface area contributed by atoms with E-state index < -0.39 is 22.0 Å². The quantitative estimate of drug-likeness (QED) is 0.737. The molecule has 0 saturated carbocycles. The smallest absolute Gasteiger partial charge is 0.247 e. The summed E-state index contributed by atoms with van der Waals surface area (Å²) in [4.78, 5) is 12.6. The van der Waals surface area contributed by atoms with Gasteiger partial charge in [0.15, 0.2) is 0 Å². The van der Waals surface area contributed by atoms with E-state index in [-0.39, 0.29) is 15.7 Å². The monoisotopic (exact) mass is 434 g/mol. The molecule has 1 N–H and O–H groups in total. The van der Waals surface area contributed by atoms with Gasteiger partial charge in [-0.05, 0) is 49.7 Å². The van der Waals surface area contributed by atoms with Crippen molar-refractivity contribution >= 4 is 62.1 Å². The van der Waals surface area contributed by atoms with E-state index >= 15 is 0 Å². The Bertz CT molecular complexity index is 948.